The van der Waals surface area contributed by atoms with Crippen LogP contribution in [0.2, 0.25) is 0 Å². The van der Waals surface area contributed by atoms with Crippen molar-refractivity contribution in [3.63, 3.8) is 0 Å². The lowest BCUT2D eigenvalue weighted by Gasteiger charge is -2.10. The third-order valence-electron chi connectivity index (χ3n) is 4.23. The van der Waals surface area contributed by atoms with Crippen molar-refractivity contribution in [1.82, 2.24) is 15.6 Å². The molecule has 0 unspecified atom stereocenters. The van der Waals surface area contributed by atoms with Crippen LogP contribution in [0.4, 0.5) is 0 Å². The van der Waals surface area contributed by atoms with Gasteiger partial charge in [0.1, 0.15) is 0 Å². The van der Waals surface area contributed by atoms with Gasteiger partial charge >= 0.3 is 0 Å². The van der Waals surface area contributed by atoms with E-state index in [1.165, 1.54) is 6.21 Å². The van der Waals surface area contributed by atoms with Gasteiger partial charge in [-0.1, -0.05) is 31.5 Å². The summed E-state index contributed by atoms with van der Waals surface area (Å²) in [5.74, 6) is 0.718. The summed E-state index contributed by atoms with van der Waals surface area (Å²) in [6.07, 6.45) is 3.50. The van der Waals surface area contributed by atoms with Crippen LogP contribution in [0.5, 0.6) is 11.5 Å². The standard InChI is InChI=1S/C21H22N4O4/c1-3-4-11-29-17-10-9-14(12-18(17)28-2)13-22-24-21(27)19-15-7-5-6-8-16(15)20(26)25-23-19/h5-10,12-13H,3-4,11H2,1-2H3,(H,24,27)(H,25,26)/b22-13-. The van der Waals surface area contributed by atoms with Gasteiger partial charge in [0.25, 0.3) is 11.5 Å². The van der Waals surface area contributed by atoms with E-state index in [0.717, 1.165) is 18.4 Å². The average molecular weight is 394 g/mol. The number of hydrogen-bond donors (Lipinski definition) is 2. The van der Waals surface area contributed by atoms with Crippen LogP contribution in [0.1, 0.15) is 35.8 Å². The van der Waals surface area contributed by atoms with Crippen LogP contribution in [0.3, 0.4) is 0 Å². The van der Waals surface area contributed by atoms with Crippen LogP contribution < -0.4 is 20.5 Å². The Morgan fingerprint density at radius 1 is 1.21 bits per heavy atom. The molecular weight excluding hydrogens is 372 g/mol. The maximum Gasteiger partial charge on any atom is 0.292 e. The van der Waals surface area contributed by atoms with Crippen LogP contribution in [0, 0.1) is 0 Å². The van der Waals surface area contributed by atoms with E-state index in [-0.39, 0.29) is 11.3 Å². The van der Waals surface area contributed by atoms with Crippen molar-refractivity contribution < 1.29 is 14.3 Å². The molecule has 3 rings (SSSR count). The number of hydrazone groups is 1. The molecule has 2 N–H and O–H groups in total. The Hall–Kier alpha value is -3.68. The third kappa shape index (κ3) is 4.78. The van der Waals surface area contributed by atoms with E-state index in [1.54, 1.807) is 43.5 Å². The maximum atomic E-state index is 12.4. The number of aromatic nitrogens is 2. The molecular formula is C21H22N4O4. The molecule has 8 heteroatoms. The van der Waals surface area contributed by atoms with Crippen LogP contribution >= 0.6 is 0 Å². The first kappa shape index (κ1) is 20.1. The molecule has 1 aromatic heterocycles. The first-order chi connectivity index (χ1) is 14.1. The second kappa shape index (κ2) is 9.50. The van der Waals surface area contributed by atoms with E-state index in [2.05, 4.69) is 27.6 Å². The first-order valence-corrected chi connectivity index (χ1v) is 9.25. The highest BCUT2D eigenvalue weighted by Gasteiger charge is 2.13. The number of carbonyl (C=O) groups is 1. The quantitative estimate of drug-likeness (QED) is 0.347. The Bertz CT molecular complexity index is 1090. The fraction of sp³-hybridized carbons (Fsp3) is 0.238. The number of ether oxygens (including phenoxy) is 2. The SMILES string of the molecule is CCCCOc1ccc(/C=N\NC(=O)c2n[nH]c(=O)c3ccccc23)cc1OC. The van der Waals surface area contributed by atoms with Crippen molar-refractivity contribution in [2.75, 3.05) is 13.7 Å². The molecule has 0 aliphatic heterocycles. The molecule has 0 saturated heterocycles. The highest BCUT2D eigenvalue weighted by Crippen LogP contribution is 2.27. The number of unbranched alkanes of at least 4 members (excludes halogenated alkanes) is 1. The molecule has 0 aliphatic carbocycles. The van der Waals surface area contributed by atoms with Crippen molar-refractivity contribution >= 4 is 22.9 Å². The summed E-state index contributed by atoms with van der Waals surface area (Å²) < 4.78 is 11.1. The van der Waals surface area contributed by atoms with Crippen LogP contribution in [-0.4, -0.2) is 36.0 Å². The number of carbonyl (C=O) groups excluding carboxylic acids is 1. The van der Waals surface area contributed by atoms with Gasteiger partial charge in [0.15, 0.2) is 17.2 Å². The van der Waals surface area contributed by atoms with Crippen molar-refractivity contribution in [2.45, 2.75) is 19.8 Å². The minimum atomic E-state index is -0.528. The summed E-state index contributed by atoms with van der Waals surface area (Å²) >= 11 is 0. The monoisotopic (exact) mass is 394 g/mol. The molecule has 0 atom stereocenters. The van der Waals surface area contributed by atoms with Gasteiger partial charge < -0.3 is 9.47 Å². The number of H-pyrrole nitrogens is 1. The van der Waals surface area contributed by atoms with Gasteiger partial charge in [0, 0.05) is 5.39 Å². The van der Waals surface area contributed by atoms with E-state index in [1.807, 2.05) is 6.07 Å². The molecule has 150 valence electrons. The van der Waals surface area contributed by atoms with Crippen molar-refractivity contribution in [3.05, 3.63) is 64.1 Å². The lowest BCUT2D eigenvalue weighted by molar-refractivity contribution is 0.0951. The van der Waals surface area contributed by atoms with E-state index in [4.69, 9.17) is 9.47 Å². The third-order valence-corrected chi connectivity index (χ3v) is 4.23. The van der Waals surface area contributed by atoms with E-state index in [0.29, 0.717) is 28.9 Å². The second-order valence-electron chi connectivity index (χ2n) is 6.26. The second-order valence-corrected chi connectivity index (χ2v) is 6.26. The summed E-state index contributed by atoms with van der Waals surface area (Å²) in [5, 5.41) is 11.0. The van der Waals surface area contributed by atoms with Gasteiger partial charge in [-0.05, 0) is 36.2 Å². The zero-order valence-electron chi connectivity index (χ0n) is 16.3. The zero-order valence-corrected chi connectivity index (χ0v) is 16.3. The van der Waals surface area contributed by atoms with Gasteiger partial charge in [-0.25, -0.2) is 10.5 Å². The Kier molecular flexibility index (Phi) is 6.57. The Labute approximate surface area is 167 Å². The lowest BCUT2D eigenvalue weighted by Crippen LogP contribution is -2.22. The highest BCUT2D eigenvalue weighted by atomic mass is 16.5. The van der Waals surface area contributed by atoms with Gasteiger partial charge in [0.2, 0.25) is 0 Å². The fourth-order valence-corrected chi connectivity index (χ4v) is 2.72. The zero-order chi connectivity index (χ0) is 20.6. The summed E-state index contributed by atoms with van der Waals surface area (Å²) in [6, 6.07) is 12.1. The summed E-state index contributed by atoms with van der Waals surface area (Å²) in [6.45, 7) is 2.72. The minimum absolute atomic E-state index is 0.0922. The molecule has 3 aromatic rings. The Morgan fingerprint density at radius 3 is 2.76 bits per heavy atom. The predicted molar refractivity (Wildman–Crippen MR) is 111 cm³/mol. The smallest absolute Gasteiger partial charge is 0.292 e. The Balaban J connectivity index is 1.72. The normalized spacial score (nSPS) is 11.0. The van der Waals surface area contributed by atoms with Gasteiger partial charge in [-0.15, -0.1) is 0 Å². The Morgan fingerprint density at radius 2 is 2.00 bits per heavy atom. The molecule has 0 radical (unpaired) electrons. The predicted octanol–water partition coefficient (Wildman–Crippen LogP) is 2.87. The van der Waals surface area contributed by atoms with Crippen LogP contribution in [0.15, 0.2) is 52.4 Å². The molecule has 0 bridgehead atoms. The number of methoxy groups -OCH3 is 1. The minimum Gasteiger partial charge on any atom is -0.493 e. The maximum absolute atomic E-state index is 12.4. The van der Waals surface area contributed by atoms with E-state index in [9.17, 15) is 9.59 Å². The van der Waals surface area contributed by atoms with Crippen LogP contribution in [-0.2, 0) is 0 Å². The number of amides is 1. The van der Waals surface area contributed by atoms with E-state index >= 15 is 0 Å². The summed E-state index contributed by atoms with van der Waals surface area (Å²) in [5.41, 5.74) is 2.89. The number of nitrogens with one attached hydrogen (secondary N) is 2. The van der Waals surface area contributed by atoms with Gasteiger partial charge in [-0.2, -0.15) is 10.2 Å². The van der Waals surface area contributed by atoms with Crippen LogP contribution in [0.25, 0.3) is 10.8 Å². The number of benzene rings is 2. The van der Waals surface area contributed by atoms with Gasteiger partial charge in [-0.3, -0.25) is 9.59 Å². The summed E-state index contributed by atoms with van der Waals surface area (Å²) in [4.78, 5) is 24.3. The molecule has 29 heavy (non-hydrogen) atoms. The van der Waals surface area contributed by atoms with Gasteiger partial charge in [0.05, 0.1) is 25.3 Å². The fourth-order valence-electron chi connectivity index (χ4n) is 2.72. The van der Waals surface area contributed by atoms with Crippen molar-refractivity contribution in [1.29, 1.82) is 0 Å². The molecule has 8 nitrogen and oxygen atoms in total. The molecule has 0 spiro atoms. The topological polar surface area (TPSA) is 106 Å². The first-order valence-electron chi connectivity index (χ1n) is 9.25. The largest absolute Gasteiger partial charge is 0.493 e. The summed E-state index contributed by atoms with van der Waals surface area (Å²) in [7, 11) is 1.57. The number of nitrogens with zero attached hydrogens (tertiary/aromatic N) is 2. The molecule has 0 saturated carbocycles. The molecule has 0 aliphatic rings. The number of fused-ring (bicyclic) bond motifs is 1. The molecule has 1 amide bonds. The number of rotatable bonds is 8. The van der Waals surface area contributed by atoms with Crippen molar-refractivity contribution in [3.8, 4) is 11.5 Å². The molecule has 1 heterocycles. The number of hydrogen-bond acceptors (Lipinski definition) is 6. The molecule has 2 aromatic carbocycles. The van der Waals surface area contributed by atoms with Crippen molar-refractivity contribution in [2.24, 2.45) is 5.10 Å². The lowest BCUT2D eigenvalue weighted by atomic mass is 10.1. The van der Waals surface area contributed by atoms with E-state index < -0.39 is 5.91 Å². The highest BCUT2D eigenvalue weighted by molar-refractivity contribution is 6.04. The average Bonchev–Trinajstić information content (AvgIpc) is 2.75. The number of aromatic amines is 1. The molecule has 0 fully saturated rings.